The Morgan fingerprint density at radius 3 is 2.31 bits per heavy atom. The zero-order chi connectivity index (χ0) is 9.10. The smallest absolute Gasteiger partial charge is 0.160 e. The molecule has 2 rings (SSSR count). The van der Waals surface area contributed by atoms with E-state index in [1.165, 1.54) is 0 Å². The van der Waals surface area contributed by atoms with Gasteiger partial charge in [-0.05, 0) is 12.1 Å². The Balaban J connectivity index is 2.54. The molecule has 1 aromatic carbocycles. The molecule has 1 aromatic heterocycles. The van der Waals surface area contributed by atoms with Gasteiger partial charge in [0.1, 0.15) is 0 Å². The minimum absolute atomic E-state index is 0.716. The van der Waals surface area contributed by atoms with E-state index < -0.39 is 0 Å². The Morgan fingerprint density at radius 2 is 1.62 bits per heavy atom. The Kier molecular flexibility index (Phi) is 2.27. The maximum atomic E-state index is 4.33. The first-order valence-corrected chi connectivity index (χ1v) is 4.38. The van der Waals surface area contributed by atoms with Crippen molar-refractivity contribution in [2.24, 2.45) is 0 Å². The largest absolute Gasteiger partial charge is 0.237 e. The maximum absolute atomic E-state index is 4.33. The Labute approximate surface area is 82.1 Å². The second kappa shape index (κ2) is 3.58. The molecular weight excluding hydrogens is 180 g/mol. The van der Waals surface area contributed by atoms with Crippen LogP contribution in [0.5, 0.6) is 0 Å². The van der Waals surface area contributed by atoms with Crippen molar-refractivity contribution in [2.45, 2.75) is 4.90 Å². The molecule has 0 amide bonds. The van der Waals surface area contributed by atoms with Crippen molar-refractivity contribution in [1.82, 2.24) is 9.97 Å². The number of hydrogen-bond acceptors (Lipinski definition) is 3. The molecule has 0 atom stereocenters. The van der Waals surface area contributed by atoms with Crippen LogP contribution in [0.4, 0.5) is 0 Å². The van der Waals surface area contributed by atoms with Gasteiger partial charge in [0.2, 0.25) is 0 Å². The number of rotatable bonds is 1. The second-order valence-corrected chi connectivity index (χ2v) is 3.07. The average Bonchev–Trinajstić information content (AvgIpc) is 2.20. The molecule has 0 bridgehead atoms. The molecule has 64 valence electrons. The summed E-state index contributed by atoms with van der Waals surface area (Å²) < 4.78 is 0. The van der Waals surface area contributed by atoms with Crippen molar-refractivity contribution in [3.05, 3.63) is 42.7 Å². The number of aromatic nitrogens is 2. The first-order chi connectivity index (χ1) is 6.38. The first kappa shape index (κ1) is 8.26. The van der Waals surface area contributed by atoms with Gasteiger partial charge in [-0.25, -0.2) is 9.97 Å². The predicted octanol–water partition coefficient (Wildman–Crippen LogP) is 2.43. The molecule has 13 heavy (non-hydrogen) atoms. The van der Waals surface area contributed by atoms with E-state index in [1.807, 2.05) is 24.3 Å². The topological polar surface area (TPSA) is 25.8 Å². The third-order valence-electron chi connectivity index (χ3n) is 1.71. The van der Waals surface area contributed by atoms with Crippen LogP contribution < -0.4 is 0 Å². The SMILES string of the molecule is Sc1ccccc1-c1ncccn1. The summed E-state index contributed by atoms with van der Waals surface area (Å²) in [6, 6.07) is 9.57. The van der Waals surface area contributed by atoms with Crippen molar-refractivity contribution in [2.75, 3.05) is 0 Å². The van der Waals surface area contributed by atoms with Gasteiger partial charge in [0.25, 0.3) is 0 Å². The van der Waals surface area contributed by atoms with E-state index in [-0.39, 0.29) is 0 Å². The van der Waals surface area contributed by atoms with E-state index in [1.54, 1.807) is 18.5 Å². The molecule has 0 N–H and O–H groups in total. The van der Waals surface area contributed by atoms with E-state index in [0.29, 0.717) is 5.82 Å². The fourth-order valence-corrected chi connectivity index (χ4v) is 1.36. The van der Waals surface area contributed by atoms with Crippen LogP contribution in [0.3, 0.4) is 0 Å². The van der Waals surface area contributed by atoms with Crippen molar-refractivity contribution in [3.63, 3.8) is 0 Å². The molecule has 0 radical (unpaired) electrons. The van der Waals surface area contributed by atoms with Crippen LogP contribution in [0, 0.1) is 0 Å². The summed E-state index contributed by atoms with van der Waals surface area (Å²) >= 11 is 4.33. The second-order valence-electron chi connectivity index (χ2n) is 2.59. The van der Waals surface area contributed by atoms with E-state index in [0.717, 1.165) is 10.5 Å². The van der Waals surface area contributed by atoms with Crippen LogP contribution in [0.15, 0.2) is 47.6 Å². The molecule has 0 fully saturated rings. The third kappa shape index (κ3) is 1.70. The van der Waals surface area contributed by atoms with E-state index in [9.17, 15) is 0 Å². The van der Waals surface area contributed by atoms with Gasteiger partial charge >= 0.3 is 0 Å². The predicted molar refractivity (Wildman–Crippen MR) is 54.7 cm³/mol. The van der Waals surface area contributed by atoms with Crippen LogP contribution >= 0.6 is 12.6 Å². The summed E-state index contributed by atoms with van der Waals surface area (Å²) in [6.07, 6.45) is 3.45. The van der Waals surface area contributed by atoms with Crippen molar-refractivity contribution in [1.29, 1.82) is 0 Å². The number of benzene rings is 1. The van der Waals surface area contributed by atoms with Gasteiger partial charge in [0.15, 0.2) is 5.82 Å². The lowest BCUT2D eigenvalue weighted by atomic mass is 10.2. The fraction of sp³-hybridized carbons (Fsp3) is 0. The van der Waals surface area contributed by atoms with Crippen LogP contribution in [0.25, 0.3) is 11.4 Å². The molecule has 2 nitrogen and oxygen atoms in total. The molecule has 0 aliphatic heterocycles. The van der Waals surface area contributed by atoms with E-state index >= 15 is 0 Å². The minimum Gasteiger partial charge on any atom is -0.237 e. The molecule has 0 spiro atoms. The summed E-state index contributed by atoms with van der Waals surface area (Å²) in [4.78, 5) is 9.20. The average molecular weight is 188 g/mol. The molecular formula is C10H8N2S. The Hall–Kier alpha value is -1.35. The molecule has 0 saturated heterocycles. The summed E-state index contributed by atoms with van der Waals surface area (Å²) in [7, 11) is 0. The Bertz CT molecular complexity index is 401. The monoisotopic (exact) mass is 188 g/mol. The summed E-state index contributed by atoms with van der Waals surface area (Å²) in [5, 5.41) is 0. The number of nitrogens with zero attached hydrogens (tertiary/aromatic N) is 2. The standard InChI is InChI=1S/C10H8N2S/c13-9-5-2-1-4-8(9)10-11-6-3-7-12-10/h1-7,13H. The van der Waals surface area contributed by atoms with Crippen molar-refractivity contribution in [3.8, 4) is 11.4 Å². The number of hydrogen-bond donors (Lipinski definition) is 1. The lowest BCUT2D eigenvalue weighted by molar-refractivity contribution is 1.16. The van der Waals surface area contributed by atoms with Crippen LogP contribution in [-0.4, -0.2) is 9.97 Å². The number of thiol groups is 1. The molecule has 1 heterocycles. The normalized spacial score (nSPS) is 9.92. The minimum atomic E-state index is 0.716. The lowest BCUT2D eigenvalue weighted by Crippen LogP contribution is -1.87. The van der Waals surface area contributed by atoms with Gasteiger partial charge in [-0.15, -0.1) is 12.6 Å². The summed E-state index contributed by atoms with van der Waals surface area (Å²) in [5.41, 5.74) is 0.964. The maximum Gasteiger partial charge on any atom is 0.160 e. The quantitative estimate of drug-likeness (QED) is 0.695. The van der Waals surface area contributed by atoms with E-state index in [4.69, 9.17) is 0 Å². The van der Waals surface area contributed by atoms with Crippen LogP contribution in [0.1, 0.15) is 0 Å². The highest BCUT2D eigenvalue weighted by atomic mass is 32.1. The molecule has 0 saturated carbocycles. The summed E-state index contributed by atoms with van der Waals surface area (Å²) in [5.74, 6) is 0.716. The fourth-order valence-electron chi connectivity index (χ4n) is 1.10. The summed E-state index contributed by atoms with van der Waals surface area (Å²) in [6.45, 7) is 0. The molecule has 2 aromatic rings. The highest BCUT2D eigenvalue weighted by molar-refractivity contribution is 7.80. The van der Waals surface area contributed by atoms with Crippen LogP contribution in [-0.2, 0) is 0 Å². The Morgan fingerprint density at radius 1 is 0.923 bits per heavy atom. The van der Waals surface area contributed by atoms with Crippen molar-refractivity contribution >= 4 is 12.6 Å². The third-order valence-corrected chi connectivity index (χ3v) is 2.10. The highest BCUT2D eigenvalue weighted by Gasteiger charge is 2.01. The van der Waals surface area contributed by atoms with Gasteiger partial charge < -0.3 is 0 Å². The first-order valence-electron chi connectivity index (χ1n) is 3.93. The van der Waals surface area contributed by atoms with E-state index in [2.05, 4.69) is 22.6 Å². The lowest BCUT2D eigenvalue weighted by Gasteiger charge is -2.01. The van der Waals surface area contributed by atoms with Gasteiger partial charge in [0.05, 0.1) is 0 Å². The molecule has 0 aliphatic rings. The van der Waals surface area contributed by atoms with Crippen LogP contribution in [0.2, 0.25) is 0 Å². The molecule has 3 heteroatoms. The molecule has 0 aliphatic carbocycles. The zero-order valence-corrected chi connectivity index (χ0v) is 7.78. The van der Waals surface area contributed by atoms with Gasteiger partial charge in [-0.1, -0.05) is 18.2 Å². The molecule has 0 unspecified atom stereocenters. The van der Waals surface area contributed by atoms with Gasteiger partial charge in [-0.2, -0.15) is 0 Å². The highest BCUT2D eigenvalue weighted by Crippen LogP contribution is 2.21. The zero-order valence-electron chi connectivity index (χ0n) is 6.88. The van der Waals surface area contributed by atoms with Gasteiger partial charge in [-0.3, -0.25) is 0 Å². The van der Waals surface area contributed by atoms with Gasteiger partial charge in [0, 0.05) is 22.9 Å². The van der Waals surface area contributed by atoms with Crippen molar-refractivity contribution < 1.29 is 0 Å².